The molecule has 0 aliphatic carbocycles. The molecular weight excluding hydrogens is 218 g/mol. The third-order valence-corrected chi connectivity index (χ3v) is 2.23. The summed E-state index contributed by atoms with van der Waals surface area (Å²) in [5.41, 5.74) is -0.566. The second kappa shape index (κ2) is 5.05. The molecule has 1 heterocycles. The van der Waals surface area contributed by atoms with Crippen LogP contribution < -0.4 is 0 Å². The number of hydrogen-bond acceptors (Lipinski definition) is 3. The maximum Gasteiger partial charge on any atom is 0.411 e. The van der Waals surface area contributed by atoms with Crippen molar-refractivity contribution in [3.8, 4) is 12.3 Å². The van der Waals surface area contributed by atoms with Gasteiger partial charge in [0.15, 0.2) is 5.78 Å². The number of amides is 1. The highest BCUT2D eigenvalue weighted by molar-refractivity contribution is 5.88. The molecule has 1 amide bonds. The van der Waals surface area contributed by atoms with Crippen LogP contribution in [0.25, 0.3) is 0 Å². The van der Waals surface area contributed by atoms with Crippen LogP contribution in [0.3, 0.4) is 0 Å². The van der Waals surface area contributed by atoms with Gasteiger partial charge in [-0.1, -0.05) is 12.0 Å². The van der Waals surface area contributed by atoms with Gasteiger partial charge in [0.2, 0.25) is 0 Å². The van der Waals surface area contributed by atoms with Gasteiger partial charge in [-0.15, -0.1) is 6.42 Å². The molecule has 0 aromatic heterocycles. The number of carbonyl (C=O) groups is 2. The topological polar surface area (TPSA) is 46.6 Å². The van der Waals surface area contributed by atoms with E-state index in [0.29, 0.717) is 6.42 Å². The van der Waals surface area contributed by atoms with Crippen molar-refractivity contribution in [2.45, 2.75) is 38.8 Å². The smallest absolute Gasteiger partial charge is 0.411 e. The number of terminal acetylenes is 1. The highest BCUT2D eigenvalue weighted by atomic mass is 16.6. The first kappa shape index (κ1) is 13.3. The van der Waals surface area contributed by atoms with Gasteiger partial charge in [-0.25, -0.2) is 4.79 Å². The summed E-state index contributed by atoms with van der Waals surface area (Å²) in [6, 6.07) is -0.284. The second-order valence-electron chi connectivity index (χ2n) is 4.94. The molecule has 1 saturated heterocycles. The van der Waals surface area contributed by atoms with Gasteiger partial charge < -0.3 is 4.74 Å². The molecule has 0 radical (unpaired) electrons. The number of carbonyl (C=O) groups excluding carboxylic acids is 2. The minimum absolute atomic E-state index is 0.0162. The van der Waals surface area contributed by atoms with Gasteiger partial charge in [0.25, 0.3) is 0 Å². The quantitative estimate of drug-likeness (QED) is 0.650. The Morgan fingerprint density at radius 2 is 2.24 bits per heavy atom. The number of Topliss-reactive ketones (excluding diaryl/α,β-unsaturated/α-hetero) is 1. The maximum absolute atomic E-state index is 11.8. The molecule has 1 aliphatic rings. The third kappa shape index (κ3) is 3.95. The second-order valence-corrected chi connectivity index (χ2v) is 4.94. The van der Waals surface area contributed by atoms with Crippen molar-refractivity contribution in [2.75, 3.05) is 6.54 Å². The van der Waals surface area contributed by atoms with E-state index in [1.54, 1.807) is 26.8 Å². The van der Waals surface area contributed by atoms with Crippen LogP contribution in [0.1, 0.15) is 27.2 Å². The van der Waals surface area contributed by atoms with Crippen molar-refractivity contribution < 1.29 is 14.3 Å². The highest BCUT2D eigenvalue weighted by Gasteiger charge is 2.34. The number of ketones is 1. The highest BCUT2D eigenvalue weighted by Crippen LogP contribution is 2.19. The molecule has 0 unspecified atom stereocenters. The number of ether oxygens (including phenoxy) is 1. The van der Waals surface area contributed by atoms with E-state index in [2.05, 4.69) is 5.92 Å². The van der Waals surface area contributed by atoms with Crippen LogP contribution in [-0.4, -0.2) is 35.0 Å². The molecular formula is C13H17NO3. The van der Waals surface area contributed by atoms with Gasteiger partial charge in [-0.3, -0.25) is 9.69 Å². The van der Waals surface area contributed by atoms with Crippen LogP contribution in [0, 0.1) is 12.3 Å². The van der Waals surface area contributed by atoms with Crippen LogP contribution >= 0.6 is 0 Å². The third-order valence-electron chi connectivity index (χ3n) is 2.23. The number of likely N-dealkylation sites (tertiary alicyclic amines) is 1. The summed E-state index contributed by atoms with van der Waals surface area (Å²) >= 11 is 0. The molecule has 0 bridgehead atoms. The van der Waals surface area contributed by atoms with Gasteiger partial charge in [0.1, 0.15) is 5.60 Å². The first-order valence-corrected chi connectivity index (χ1v) is 5.47. The Bertz CT molecular complexity index is 384. The summed E-state index contributed by atoms with van der Waals surface area (Å²) < 4.78 is 5.23. The van der Waals surface area contributed by atoms with Gasteiger partial charge in [-0.2, -0.15) is 0 Å². The summed E-state index contributed by atoms with van der Waals surface area (Å²) in [5, 5.41) is 0. The van der Waals surface area contributed by atoms with Crippen molar-refractivity contribution in [1.29, 1.82) is 0 Å². The zero-order chi connectivity index (χ0) is 13.1. The van der Waals surface area contributed by atoms with E-state index in [0.717, 1.165) is 0 Å². The van der Waals surface area contributed by atoms with E-state index in [1.165, 1.54) is 11.0 Å². The largest absolute Gasteiger partial charge is 0.444 e. The first-order valence-electron chi connectivity index (χ1n) is 5.47. The lowest BCUT2D eigenvalue weighted by Gasteiger charge is -2.26. The Labute approximate surface area is 102 Å². The monoisotopic (exact) mass is 235 g/mol. The van der Waals surface area contributed by atoms with E-state index in [4.69, 9.17) is 11.2 Å². The van der Waals surface area contributed by atoms with Crippen LogP contribution in [0.15, 0.2) is 12.2 Å². The van der Waals surface area contributed by atoms with Crippen molar-refractivity contribution in [3.05, 3.63) is 12.2 Å². The van der Waals surface area contributed by atoms with Gasteiger partial charge in [-0.05, 0) is 26.8 Å². The Balaban J connectivity index is 2.74. The number of allylic oxidation sites excluding steroid dienone is 1. The van der Waals surface area contributed by atoms with E-state index >= 15 is 0 Å². The molecule has 92 valence electrons. The molecule has 1 aliphatic heterocycles. The molecule has 4 heteroatoms. The van der Waals surface area contributed by atoms with E-state index in [1.807, 2.05) is 0 Å². The fraction of sp³-hybridized carbons (Fsp3) is 0.538. The molecule has 1 fully saturated rings. The lowest BCUT2D eigenvalue weighted by atomic mass is 10.2. The number of nitrogens with zero attached hydrogens (tertiary/aromatic N) is 1. The Hall–Kier alpha value is -1.76. The molecule has 0 aromatic carbocycles. The summed E-state index contributed by atoms with van der Waals surface area (Å²) in [7, 11) is 0. The predicted octanol–water partition coefficient (Wildman–Crippen LogP) is 1.75. The van der Waals surface area contributed by atoms with Crippen LogP contribution in [0.2, 0.25) is 0 Å². The van der Waals surface area contributed by atoms with E-state index in [9.17, 15) is 9.59 Å². The molecule has 0 N–H and O–H groups in total. The van der Waals surface area contributed by atoms with Crippen molar-refractivity contribution in [2.24, 2.45) is 0 Å². The normalized spacial score (nSPS) is 20.7. The average molecular weight is 235 g/mol. The summed E-state index contributed by atoms with van der Waals surface area (Å²) in [6.07, 6.45) is 8.11. The fourth-order valence-electron chi connectivity index (χ4n) is 1.57. The van der Waals surface area contributed by atoms with Gasteiger partial charge >= 0.3 is 6.09 Å². The molecule has 0 spiro atoms. The lowest BCUT2D eigenvalue weighted by Crippen LogP contribution is -2.39. The minimum Gasteiger partial charge on any atom is -0.444 e. The predicted molar refractivity (Wildman–Crippen MR) is 64.3 cm³/mol. The van der Waals surface area contributed by atoms with Crippen LogP contribution in [0.5, 0.6) is 0 Å². The number of hydrogen-bond donors (Lipinski definition) is 0. The standard InChI is InChI=1S/C13H17NO3/c1-5-6-7-10-8-11(15)9-14(10)12(16)17-13(2,3)4/h1,6-7,10H,8-9H2,2-4H3/b7-6-/t10-/m1/s1. The lowest BCUT2D eigenvalue weighted by molar-refractivity contribution is -0.117. The first-order chi connectivity index (χ1) is 7.83. The molecule has 17 heavy (non-hydrogen) atoms. The summed E-state index contributed by atoms with van der Waals surface area (Å²) in [6.45, 7) is 5.45. The SMILES string of the molecule is C#C/C=C\[C@@H]1CC(=O)CN1C(=O)OC(C)(C)C. The van der Waals surface area contributed by atoms with Crippen LogP contribution in [0.4, 0.5) is 4.79 Å². The average Bonchev–Trinajstić information content (AvgIpc) is 2.54. The molecule has 0 aromatic rings. The fourth-order valence-corrected chi connectivity index (χ4v) is 1.57. The zero-order valence-corrected chi connectivity index (χ0v) is 10.4. The summed E-state index contributed by atoms with van der Waals surface area (Å²) in [4.78, 5) is 24.6. The van der Waals surface area contributed by atoms with E-state index < -0.39 is 11.7 Å². The van der Waals surface area contributed by atoms with Crippen molar-refractivity contribution in [1.82, 2.24) is 4.90 Å². The molecule has 1 rings (SSSR count). The van der Waals surface area contributed by atoms with Gasteiger partial charge in [0, 0.05) is 6.42 Å². The maximum atomic E-state index is 11.8. The number of rotatable bonds is 1. The zero-order valence-electron chi connectivity index (χ0n) is 10.4. The Morgan fingerprint density at radius 1 is 1.59 bits per heavy atom. The van der Waals surface area contributed by atoms with Crippen molar-refractivity contribution >= 4 is 11.9 Å². The molecule has 4 nitrogen and oxygen atoms in total. The van der Waals surface area contributed by atoms with E-state index in [-0.39, 0.29) is 18.4 Å². The Kier molecular flexibility index (Phi) is 3.95. The summed E-state index contributed by atoms with van der Waals surface area (Å²) in [5.74, 6) is 2.36. The molecule has 0 saturated carbocycles. The minimum atomic E-state index is -0.566. The van der Waals surface area contributed by atoms with Crippen molar-refractivity contribution in [3.63, 3.8) is 0 Å². The van der Waals surface area contributed by atoms with Crippen LogP contribution in [-0.2, 0) is 9.53 Å². The molecule has 1 atom stereocenters. The van der Waals surface area contributed by atoms with Gasteiger partial charge in [0.05, 0.1) is 12.6 Å². The Morgan fingerprint density at radius 3 is 2.76 bits per heavy atom.